The van der Waals surface area contributed by atoms with Crippen LogP contribution in [0.2, 0.25) is 10.0 Å². The molecule has 0 saturated heterocycles. The Hall–Kier alpha value is -3.49. The van der Waals surface area contributed by atoms with Gasteiger partial charge in [0, 0.05) is 40.6 Å². The molecule has 2 aromatic heterocycles. The predicted molar refractivity (Wildman–Crippen MR) is 118 cm³/mol. The third kappa shape index (κ3) is 4.65. The van der Waals surface area contributed by atoms with Crippen LogP contribution in [0, 0.1) is 0 Å². The van der Waals surface area contributed by atoms with Gasteiger partial charge in [0.2, 0.25) is 11.4 Å². The molecule has 0 aliphatic rings. The summed E-state index contributed by atoms with van der Waals surface area (Å²) >= 11 is 12.4. The number of aryl methyl sites for hydroxylation is 1. The number of nitrogens with zero attached hydrogens (tertiary/aromatic N) is 5. The number of anilines is 1. The summed E-state index contributed by atoms with van der Waals surface area (Å²) in [5, 5.41) is 14.7. The van der Waals surface area contributed by atoms with Crippen LogP contribution in [0.15, 0.2) is 65.6 Å². The maximum Gasteiger partial charge on any atom is 0.260 e. The Morgan fingerprint density at radius 2 is 1.77 bits per heavy atom. The minimum Gasteiger partial charge on any atom is -0.318 e. The van der Waals surface area contributed by atoms with Crippen molar-refractivity contribution in [2.75, 3.05) is 4.90 Å². The van der Waals surface area contributed by atoms with Crippen LogP contribution in [0.1, 0.15) is 15.9 Å². The predicted octanol–water partition coefficient (Wildman–Crippen LogP) is 3.72. The quantitative estimate of drug-likeness (QED) is 0.495. The second kappa shape index (κ2) is 8.71. The van der Waals surface area contributed by atoms with Crippen molar-refractivity contribution in [3.05, 3.63) is 92.3 Å². The SMILES string of the molecule is Cn1cc(C(=O)N(Cc2ccc(-c3nn[nH]n3)cc2)c2cc(Cl)cc(Cl)c2)ccc1=O. The Kier molecular flexibility index (Phi) is 5.83. The van der Waals surface area contributed by atoms with Gasteiger partial charge in [-0.25, -0.2) is 0 Å². The van der Waals surface area contributed by atoms with E-state index in [1.807, 2.05) is 24.3 Å². The van der Waals surface area contributed by atoms with Gasteiger partial charge < -0.3 is 9.47 Å². The molecule has 0 atom stereocenters. The standard InChI is InChI=1S/C21H16Cl2N6O2/c1-28-12-15(6-7-19(28)30)21(31)29(18-9-16(22)8-17(23)10-18)11-13-2-4-14(5-3-13)20-24-26-27-25-20/h2-10,12H,11H2,1H3,(H,24,25,26,27). The van der Waals surface area contributed by atoms with Crippen LogP contribution in [0.4, 0.5) is 5.69 Å². The van der Waals surface area contributed by atoms with Crippen molar-refractivity contribution in [3.63, 3.8) is 0 Å². The van der Waals surface area contributed by atoms with E-state index in [1.54, 1.807) is 30.1 Å². The number of carbonyl (C=O) groups excluding carboxylic acids is 1. The van der Waals surface area contributed by atoms with E-state index in [0.717, 1.165) is 11.1 Å². The molecule has 0 spiro atoms. The minimum atomic E-state index is -0.295. The maximum atomic E-state index is 13.4. The smallest absolute Gasteiger partial charge is 0.260 e. The third-order valence-corrected chi connectivity index (χ3v) is 5.07. The molecule has 1 amide bonds. The van der Waals surface area contributed by atoms with Gasteiger partial charge >= 0.3 is 0 Å². The van der Waals surface area contributed by atoms with Gasteiger partial charge in [-0.15, -0.1) is 10.2 Å². The number of H-pyrrole nitrogens is 1. The van der Waals surface area contributed by atoms with Crippen molar-refractivity contribution >= 4 is 34.8 Å². The normalized spacial score (nSPS) is 10.8. The summed E-state index contributed by atoms with van der Waals surface area (Å²) in [6.45, 7) is 0.255. The molecule has 0 fully saturated rings. The number of hydrogen-bond donors (Lipinski definition) is 1. The number of aromatic amines is 1. The van der Waals surface area contributed by atoms with Crippen LogP contribution >= 0.6 is 23.2 Å². The zero-order valence-corrected chi connectivity index (χ0v) is 17.8. The molecule has 0 unspecified atom stereocenters. The Morgan fingerprint density at radius 3 is 2.39 bits per heavy atom. The second-order valence-electron chi connectivity index (χ2n) is 6.82. The topological polar surface area (TPSA) is 96.8 Å². The van der Waals surface area contributed by atoms with Gasteiger partial charge in [0.1, 0.15) is 0 Å². The van der Waals surface area contributed by atoms with Crippen molar-refractivity contribution in [2.24, 2.45) is 7.05 Å². The molecule has 4 aromatic rings. The fraction of sp³-hybridized carbons (Fsp3) is 0.0952. The first-order valence-electron chi connectivity index (χ1n) is 9.18. The summed E-state index contributed by atoms with van der Waals surface area (Å²) in [4.78, 5) is 26.7. The van der Waals surface area contributed by atoms with E-state index in [0.29, 0.717) is 27.1 Å². The van der Waals surface area contributed by atoms with Crippen LogP contribution in [0.5, 0.6) is 0 Å². The summed E-state index contributed by atoms with van der Waals surface area (Å²) in [7, 11) is 1.59. The number of nitrogens with one attached hydrogen (secondary N) is 1. The van der Waals surface area contributed by atoms with E-state index in [-0.39, 0.29) is 18.0 Å². The van der Waals surface area contributed by atoms with Crippen LogP contribution in [-0.2, 0) is 13.6 Å². The fourth-order valence-corrected chi connectivity index (χ4v) is 3.59. The Labute approximate surface area is 187 Å². The number of pyridine rings is 1. The van der Waals surface area contributed by atoms with E-state index >= 15 is 0 Å². The molecule has 0 bridgehead atoms. The Morgan fingerprint density at radius 1 is 1.06 bits per heavy atom. The number of hydrogen-bond acceptors (Lipinski definition) is 5. The molecule has 0 saturated carbocycles. The highest BCUT2D eigenvalue weighted by Gasteiger charge is 2.20. The molecule has 4 rings (SSSR count). The molecule has 1 N–H and O–H groups in total. The summed E-state index contributed by atoms with van der Waals surface area (Å²) in [5.74, 6) is 0.183. The molecular weight excluding hydrogens is 439 g/mol. The number of tetrazole rings is 1. The van der Waals surface area contributed by atoms with Gasteiger partial charge in [0.05, 0.1) is 12.1 Å². The van der Waals surface area contributed by atoms with Crippen molar-refractivity contribution in [3.8, 4) is 11.4 Å². The second-order valence-corrected chi connectivity index (χ2v) is 7.69. The van der Waals surface area contributed by atoms with Gasteiger partial charge in [-0.05, 0) is 35.0 Å². The van der Waals surface area contributed by atoms with E-state index < -0.39 is 0 Å². The molecular formula is C21H16Cl2N6O2. The largest absolute Gasteiger partial charge is 0.318 e. The Balaban J connectivity index is 1.70. The summed E-state index contributed by atoms with van der Waals surface area (Å²) < 4.78 is 1.36. The van der Waals surface area contributed by atoms with E-state index in [1.165, 1.54) is 22.9 Å². The maximum absolute atomic E-state index is 13.4. The van der Waals surface area contributed by atoms with Crippen LogP contribution in [-0.4, -0.2) is 31.1 Å². The first-order valence-corrected chi connectivity index (χ1v) is 9.94. The average molecular weight is 455 g/mol. The van der Waals surface area contributed by atoms with E-state index in [4.69, 9.17) is 23.2 Å². The lowest BCUT2D eigenvalue weighted by Gasteiger charge is -2.24. The lowest BCUT2D eigenvalue weighted by Crippen LogP contribution is -2.31. The first kappa shape index (κ1) is 20.8. The van der Waals surface area contributed by atoms with Crippen LogP contribution in [0.25, 0.3) is 11.4 Å². The molecule has 0 radical (unpaired) electrons. The fourth-order valence-electron chi connectivity index (χ4n) is 3.08. The third-order valence-electron chi connectivity index (χ3n) is 4.64. The Bertz CT molecular complexity index is 1270. The van der Waals surface area contributed by atoms with Crippen LogP contribution < -0.4 is 10.5 Å². The van der Waals surface area contributed by atoms with Crippen molar-refractivity contribution in [1.82, 2.24) is 25.2 Å². The molecule has 10 heteroatoms. The highest BCUT2D eigenvalue weighted by molar-refractivity contribution is 6.35. The highest BCUT2D eigenvalue weighted by Crippen LogP contribution is 2.28. The molecule has 8 nitrogen and oxygen atoms in total. The number of amides is 1. The lowest BCUT2D eigenvalue weighted by atomic mass is 10.1. The van der Waals surface area contributed by atoms with Crippen molar-refractivity contribution in [1.29, 1.82) is 0 Å². The summed E-state index contributed by atoms with van der Waals surface area (Å²) in [6.07, 6.45) is 1.50. The zero-order valence-electron chi connectivity index (χ0n) is 16.3. The van der Waals surface area contributed by atoms with Crippen molar-refractivity contribution < 1.29 is 4.79 Å². The summed E-state index contributed by atoms with van der Waals surface area (Å²) in [6, 6.07) is 15.2. The minimum absolute atomic E-state index is 0.203. The lowest BCUT2D eigenvalue weighted by molar-refractivity contribution is 0.0984. The highest BCUT2D eigenvalue weighted by atomic mass is 35.5. The monoisotopic (exact) mass is 454 g/mol. The molecule has 31 heavy (non-hydrogen) atoms. The van der Waals surface area contributed by atoms with Gasteiger partial charge in [-0.2, -0.15) is 5.21 Å². The van der Waals surface area contributed by atoms with Gasteiger partial charge in [0.25, 0.3) is 5.91 Å². The average Bonchev–Trinajstić information content (AvgIpc) is 3.28. The zero-order chi connectivity index (χ0) is 22.0. The number of benzene rings is 2. The number of halogens is 2. The van der Waals surface area contributed by atoms with E-state index in [9.17, 15) is 9.59 Å². The summed E-state index contributed by atoms with van der Waals surface area (Å²) in [5.41, 5.74) is 2.35. The molecule has 156 valence electrons. The number of carbonyl (C=O) groups is 1. The molecule has 2 aromatic carbocycles. The molecule has 0 aliphatic heterocycles. The van der Waals surface area contributed by atoms with Crippen molar-refractivity contribution in [2.45, 2.75) is 6.54 Å². The van der Waals surface area contributed by atoms with Gasteiger partial charge in [-0.1, -0.05) is 47.5 Å². The van der Waals surface area contributed by atoms with Gasteiger partial charge in [-0.3, -0.25) is 9.59 Å². The first-order chi connectivity index (χ1) is 14.9. The number of rotatable bonds is 5. The van der Waals surface area contributed by atoms with Crippen LogP contribution in [0.3, 0.4) is 0 Å². The van der Waals surface area contributed by atoms with Gasteiger partial charge in [0.15, 0.2) is 0 Å². The molecule has 2 heterocycles. The molecule has 0 aliphatic carbocycles. The number of aromatic nitrogens is 5. The van der Waals surface area contributed by atoms with E-state index in [2.05, 4.69) is 20.6 Å².